The number of carbonyl (C=O) groups is 1. The first kappa shape index (κ1) is 20.9. The van der Waals surface area contributed by atoms with Gasteiger partial charge in [-0.3, -0.25) is 19.4 Å². The van der Waals surface area contributed by atoms with Crippen LogP contribution in [0.2, 0.25) is 0 Å². The van der Waals surface area contributed by atoms with Crippen LogP contribution >= 0.6 is 0 Å². The Morgan fingerprint density at radius 3 is 2.86 bits per heavy atom. The minimum absolute atomic E-state index is 0.211. The third-order valence-corrected chi connectivity index (χ3v) is 4.75. The van der Waals surface area contributed by atoms with Crippen LogP contribution in [0.25, 0.3) is 11.0 Å². The van der Waals surface area contributed by atoms with E-state index in [1.165, 1.54) is 6.20 Å². The average molecular weight is 396 g/mol. The summed E-state index contributed by atoms with van der Waals surface area (Å²) in [5, 5.41) is 11.3. The molecule has 0 aliphatic rings. The van der Waals surface area contributed by atoms with Crippen molar-refractivity contribution < 1.29 is 4.79 Å². The molecule has 1 aromatic carbocycles. The van der Waals surface area contributed by atoms with Gasteiger partial charge in [-0.15, -0.1) is 5.10 Å². The molecule has 1 amide bonds. The van der Waals surface area contributed by atoms with E-state index in [1.807, 2.05) is 36.0 Å². The second kappa shape index (κ2) is 9.56. The van der Waals surface area contributed by atoms with Crippen molar-refractivity contribution in [2.75, 3.05) is 13.1 Å². The number of amides is 1. The molecular weight excluding hydrogens is 366 g/mol. The lowest BCUT2D eigenvalue weighted by Gasteiger charge is -2.25. The summed E-state index contributed by atoms with van der Waals surface area (Å²) >= 11 is 0. The van der Waals surface area contributed by atoms with Crippen LogP contribution in [0, 0.1) is 6.92 Å². The summed E-state index contributed by atoms with van der Waals surface area (Å²) in [6, 6.07) is 6.14. The van der Waals surface area contributed by atoms with E-state index in [2.05, 4.69) is 51.3 Å². The maximum Gasteiger partial charge on any atom is 0.271 e. The molecule has 0 unspecified atom stereocenters. The normalized spacial score (nSPS) is 11.5. The number of fused-ring (bicyclic) bond motifs is 1. The molecule has 3 aromatic rings. The Bertz CT molecular complexity index is 967. The maximum absolute atomic E-state index is 12.5. The van der Waals surface area contributed by atoms with Crippen molar-refractivity contribution in [1.82, 2.24) is 35.2 Å². The Morgan fingerprint density at radius 1 is 1.28 bits per heavy atom. The lowest BCUT2D eigenvalue weighted by Crippen LogP contribution is -2.38. The molecule has 0 spiro atoms. The highest BCUT2D eigenvalue weighted by Crippen LogP contribution is 2.11. The number of rotatable bonds is 9. The summed E-state index contributed by atoms with van der Waals surface area (Å²) in [5.74, 6) is -0.211. The van der Waals surface area contributed by atoms with Crippen LogP contribution in [0.1, 0.15) is 48.9 Å². The van der Waals surface area contributed by atoms with Crippen LogP contribution in [0.3, 0.4) is 0 Å². The molecule has 2 aromatic heterocycles. The summed E-state index contributed by atoms with van der Waals surface area (Å²) < 4.78 is 1.87. The van der Waals surface area contributed by atoms with Gasteiger partial charge in [-0.1, -0.05) is 18.2 Å². The van der Waals surface area contributed by atoms with Crippen molar-refractivity contribution >= 4 is 16.9 Å². The van der Waals surface area contributed by atoms with E-state index in [0.29, 0.717) is 31.4 Å². The highest BCUT2D eigenvalue weighted by Gasteiger charge is 2.14. The number of aryl methyl sites for hydroxylation is 2. The Balaban J connectivity index is 1.56. The van der Waals surface area contributed by atoms with Crippen LogP contribution in [0.4, 0.5) is 0 Å². The topological polar surface area (TPSA) is 88.8 Å². The molecule has 0 saturated heterocycles. The van der Waals surface area contributed by atoms with Crippen molar-refractivity contribution in [2.45, 2.75) is 53.2 Å². The van der Waals surface area contributed by atoms with Gasteiger partial charge in [0.1, 0.15) is 5.69 Å². The Kier molecular flexibility index (Phi) is 6.87. The molecule has 0 aliphatic carbocycles. The highest BCUT2D eigenvalue weighted by molar-refractivity contribution is 5.93. The smallest absolute Gasteiger partial charge is 0.271 e. The predicted octanol–water partition coefficient (Wildman–Crippen LogP) is 2.58. The first-order valence-electron chi connectivity index (χ1n) is 10.1. The molecule has 2 heterocycles. The van der Waals surface area contributed by atoms with Gasteiger partial charge in [0.15, 0.2) is 0 Å². The first-order valence-corrected chi connectivity index (χ1v) is 10.1. The molecule has 0 aliphatic heterocycles. The molecule has 154 valence electrons. The zero-order chi connectivity index (χ0) is 20.8. The largest absolute Gasteiger partial charge is 0.349 e. The lowest BCUT2D eigenvalue weighted by molar-refractivity contribution is 0.0939. The van der Waals surface area contributed by atoms with Crippen LogP contribution in [0.5, 0.6) is 0 Å². The molecule has 8 nitrogen and oxygen atoms in total. The average Bonchev–Trinajstić information content (AvgIpc) is 3.14. The quantitative estimate of drug-likeness (QED) is 0.599. The highest BCUT2D eigenvalue weighted by atomic mass is 16.1. The van der Waals surface area contributed by atoms with Gasteiger partial charge in [-0.2, -0.15) is 0 Å². The summed E-state index contributed by atoms with van der Waals surface area (Å²) in [7, 11) is 0. The second-order valence-electron chi connectivity index (χ2n) is 7.54. The van der Waals surface area contributed by atoms with E-state index in [9.17, 15) is 4.79 Å². The lowest BCUT2D eigenvalue weighted by atomic mass is 10.2. The van der Waals surface area contributed by atoms with E-state index >= 15 is 0 Å². The van der Waals surface area contributed by atoms with Crippen molar-refractivity contribution in [3.8, 4) is 0 Å². The summed E-state index contributed by atoms with van der Waals surface area (Å²) in [6.07, 6.45) is 4.55. The monoisotopic (exact) mass is 395 g/mol. The van der Waals surface area contributed by atoms with E-state index in [1.54, 1.807) is 0 Å². The Hall–Kier alpha value is -2.87. The summed E-state index contributed by atoms with van der Waals surface area (Å²) in [6.45, 7) is 11.2. The molecular formula is C21H29N7O. The fourth-order valence-electron chi connectivity index (χ4n) is 3.11. The number of nitrogens with zero attached hydrogens (tertiary/aromatic N) is 6. The van der Waals surface area contributed by atoms with Crippen LogP contribution in [-0.2, 0) is 13.1 Å². The summed E-state index contributed by atoms with van der Waals surface area (Å²) in [5.41, 5.74) is 3.91. The maximum atomic E-state index is 12.5. The molecule has 0 atom stereocenters. The zero-order valence-corrected chi connectivity index (χ0v) is 17.6. The molecule has 29 heavy (non-hydrogen) atoms. The third-order valence-electron chi connectivity index (χ3n) is 4.75. The number of benzene rings is 1. The van der Waals surface area contributed by atoms with Crippen LogP contribution in [0.15, 0.2) is 30.6 Å². The standard InChI is InChI=1S/C21H29N7O/c1-5-9-28-14-17(25-26-28)13-27(15(2)3)10-8-22-21(29)20-12-23-19-11-16(4)6-7-18(19)24-20/h6-7,11-12,14-15H,5,8-10,13H2,1-4H3,(H,22,29). The molecule has 0 saturated carbocycles. The van der Waals surface area contributed by atoms with E-state index in [4.69, 9.17) is 0 Å². The Labute approximate surface area is 171 Å². The number of aromatic nitrogens is 5. The molecule has 8 heteroatoms. The van der Waals surface area contributed by atoms with Gasteiger partial charge in [0.05, 0.1) is 22.9 Å². The summed E-state index contributed by atoms with van der Waals surface area (Å²) in [4.78, 5) is 23.5. The van der Waals surface area contributed by atoms with Crippen LogP contribution in [-0.4, -0.2) is 54.9 Å². The third kappa shape index (κ3) is 5.57. The fraction of sp³-hybridized carbons (Fsp3) is 0.476. The van der Waals surface area contributed by atoms with E-state index < -0.39 is 0 Å². The van der Waals surface area contributed by atoms with Gasteiger partial charge in [-0.25, -0.2) is 4.98 Å². The SMILES string of the molecule is CCCn1cc(CN(CCNC(=O)c2cnc3cc(C)ccc3n2)C(C)C)nn1. The van der Waals surface area contributed by atoms with Crippen molar-refractivity contribution in [2.24, 2.45) is 0 Å². The van der Waals surface area contributed by atoms with Gasteiger partial charge in [0.25, 0.3) is 5.91 Å². The first-order chi connectivity index (χ1) is 14.0. The molecule has 0 fully saturated rings. The van der Waals surface area contributed by atoms with Gasteiger partial charge >= 0.3 is 0 Å². The number of carbonyl (C=O) groups excluding carboxylic acids is 1. The van der Waals surface area contributed by atoms with Crippen LogP contribution < -0.4 is 5.32 Å². The van der Waals surface area contributed by atoms with Gasteiger partial charge < -0.3 is 5.32 Å². The predicted molar refractivity (Wildman–Crippen MR) is 112 cm³/mol. The second-order valence-corrected chi connectivity index (χ2v) is 7.54. The van der Waals surface area contributed by atoms with Crippen molar-refractivity contribution in [3.63, 3.8) is 0 Å². The van der Waals surface area contributed by atoms with Gasteiger partial charge in [-0.05, 0) is 44.9 Å². The number of nitrogens with one attached hydrogen (secondary N) is 1. The van der Waals surface area contributed by atoms with E-state index in [0.717, 1.165) is 35.3 Å². The zero-order valence-electron chi connectivity index (χ0n) is 17.6. The minimum atomic E-state index is -0.211. The number of hydrogen-bond donors (Lipinski definition) is 1. The molecule has 0 radical (unpaired) electrons. The molecule has 0 bridgehead atoms. The van der Waals surface area contributed by atoms with Crippen molar-refractivity contribution in [3.05, 3.63) is 47.5 Å². The minimum Gasteiger partial charge on any atom is -0.349 e. The van der Waals surface area contributed by atoms with Crippen molar-refractivity contribution in [1.29, 1.82) is 0 Å². The van der Waals surface area contributed by atoms with Gasteiger partial charge in [0, 0.05) is 38.4 Å². The molecule has 1 N–H and O–H groups in total. The van der Waals surface area contributed by atoms with E-state index in [-0.39, 0.29) is 5.91 Å². The Morgan fingerprint density at radius 2 is 2.10 bits per heavy atom. The number of hydrogen-bond acceptors (Lipinski definition) is 6. The fourth-order valence-corrected chi connectivity index (χ4v) is 3.11. The molecule has 3 rings (SSSR count). The van der Waals surface area contributed by atoms with Gasteiger partial charge in [0.2, 0.25) is 0 Å².